The summed E-state index contributed by atoms with van der Waals surface area (Å²) in [7, 11) is 0. The highest BCUT2D eigenvalue weighted by Crippen LogP contribution is 2.36. The molecule has 0 fully saturated rings. The van der Waals surface area contributed by atoms with Gasteiger partial charge in [0.25, 0.3) is 0 Å². The van der Waals surface area contributed by atoms with Crippen molar-refractivity contribution in [2.45, 2.75) is 13.8 Å². The summed E-state index contributed by atoms with van der Waals surface area (Å²) in [4.78, 5) is 2.82. The first kappa shape index (κ1) is 16.4. The van der Waals surface area contributed by atoms with Gasteiger partial charge < -0.3 is 15.4 Å². The molecule has 3 N–H and O–H groups in total. The summed E-state index contributed by atoms with van der Waals surface area (Å²) in [5, 5.41) is 22.5. The molecule has 2 aromatic carbocycles. The standard InChI is InChI=1S/C17H15ClN4OS/c1-9-4-3-5-13(10(9)2)20-17(24)22-21-15-12-8-11(18)6-7-14(12)19-16(15)23/h3-8,19,23H,1-2H3,(H,20,24). The van der Waals surface area contributed by atoms with E-state index in [0.29, 0.717) is 16.1 Å². The molecule has 3 aromatic rings. The quantitative estimate of drug-likeness (QED) is 0.411. The minimum Gasteiger partial charge on any atom is -0.493 e. The molecule has 7 heteroatoms. The molecule has 1 aromatic heterocycles. The Morgan fingerprint density at radius 2 is 2.04 bits per heavy atom. The van der Waals surface area contributed by atoms with Crippen molar-refractivity contribution in [3.8, 4) is 5.88 Å². The number of nitrogens with one attached hydrogen (secondary N) is 2. The van der Waals surface area contributed by atoms with Crippen LogP contribution in [-0.4, -0.2) is 15.2 Å². The van der Waals surface area contributed by atoms with E-state index in [9.17, 15) is 5.11 Å². The molecule has 0 amide bonds. The van der Waals surface area contributed by atoms with Crippen molar-refractivity contribution in [2.75, 3.05) is 5.32 Å². The molecule has 3 rings (SSSR count). The maximum Gasteiger partial charge on any atom is 0.218 e. The molecule has 5 nitrogen and oxygen atoms in total. The molecule has 0 spiro atoms. The maximum absolute atomic E-state index is 9.99. The van der Waals surface area contributed by atoms with Crippen LogP contribution in [0.5, 0.6) is 5.88 Å². The van der Waals surface area contributed by atoms with Gasteiger partial charge in [-0.1, -0.05) is 23.7 Å². The zero-order valence-electron chi connectivity index (χ0n) is 13.1. The predicted octanol–water partition coefficient (Wildman–Crippen LogP) is 5.62. The zero-order valence-corrected chi connectivity index (χ0v) is 14.7. The van der Waals surface area contributed by atoms with Crippen LogP contribution in [0.15, 0.2) is 46.6 Å². The van der Waals surface area contributed by atoms with Crippen LogP contribution in [0.4, 0.5) is 11.4 Å². The van der Waals surface area contributed by atoms with Crippen LogP contribution in [0, 0.1) is 13.8 Å². The SMILES string of the molecule is Cc1cccc(NC(=S)N=Nc2c(O)[nH]c3ccc(Cl)cc23)c1C. The second-order valence-corrected chi connectivity index (χ2v) is 6.21. The van der Waals surface area contributed by atoms with Crippen LogP contribution in [0.25, 0.3) is 10.9 Å². The molecule has 0 aliphatic heterocycles. The molecule has 0 saturated heterocycles. The van der Waals surface area contributed by atoms with E-state index in [2.05, 4.69) is 20.5 Å². The van der Waals surface area contributed by atoms with Gasteiger partial charge >= 0.3 is 0 Å². The largest absolute Gasteiger partial charge is 0.493 e. The lowest BCUT2D eigenvalue weighted by Crippen LogP contribution is -2.06. The number of hydrogen-bond acceptors (Lipinski definition) is 3. The number of aromatic nitrogens is 1. The lowest BCUT2D eigenvalue weighted by molar-refractivity contribution is 0.459. The number of thiocarbonyl (C=S) groups is 1. The van der Waals surface area contributed by atoms with Crippen molar-refractivity contribution < 1.29 is 5.11 Å². The van der Waals surface area contributed by atoms with Crippen LogP contribution in [0.2, 0.25) is 5.02 Å². The highest BCUT2D eigenvalue weighted by molar-refractivity contribution is 7.80. The number of aromatic amines is 1. The fourth-order valence-electron chi connectivity index (χ4n) is 2.36. The van der Waals surface area contributed by atoms with Crippen LogP contribution in [-0.2, 0) is 0 Å². The van der Waals surface area contributed by atoms with Crippen LogP contribution < -0.4 is 5.32 Å². The van der Waals surface area contributed by atoms with E-state index in [-0.39, 0.29) is 11.0 Å². The first-order chi connectivity index (χ1) is 11.5. The molecular weight excluding hydrogens is 344 g/mol. The van der Waals surface area contributed by atoms with Crippen molar-refractivity contribution in [3.63, 3.8) is 0 Å². The Morgan fingerprint density at radius 3 is 2.83 bits per heavy atom. The number of azo groups is 1. The first-order valence-electron chi connectivity index (χ1n) is 7.25. The van der Waals surface area contributed by atoms with Gasteiger partial charge in [0.1, 0.15) is 0 Å². The molecule has 122 valence electrons. The van der Waals surface area contributed by atoms with Gasteiger partial charge in [-0.15, -0.1) is 10.2 Å². The average Bonchev–Trinajstić information content (AvgIpc) is 2.84. The minimum atomic E-state index is -0.0782. The maximum atomic E-state index is 9.99. The number of fused-ring (bicyclic) bond motifs is 1. The van der Waals surface area contributed by atoms with Crippen molar-refractivity contribution >= 4 is 51.2 Å². The number of benzene rings is 2. The fraction of sp³-hybridized carbons (Fsp3) is 0.118. The topological polar surface area (TPSA) is 72.8 Å². The predicted molar refractivity (Wildman–Crippen MR) is 102 cm³/mol. The molecule has 1 heterocycles. The van der Waals surface area contributed by atoms with E-state index < -0.39 is 0 Å². The third-order valence-electron chi connectivity index (χ3n) is 3.80. The van der Waals surface area contributed by atoms with E-state index in [1.54, 1.807) is 18.2 Å². The van der Waals surface area contributed by atoms with E-state index in [1.807, 2.05) is 32.0 Å². The molecule has 0 unspecified atom stereocenters. The Morgan fingerprint density at radius 1 is 1.25 bits per heavy atom. The number of halogens is 1. The number of hydrogen-bond donors (Lipinski definition) is 3. The van der Waals surface area contributed by atoms with Gasteiger partial charge in [-0.2, -0.15) is 0 Å². The summed E-state index contributed by atoms with van der Waals surface area (Å²) in [6.45, 7) is 4.03. The van der Waals surface area contributed by atoms with Gasteiger partial charge in [0.15, 0.2) is 5.69 Å². The molecule has 0 atom stereocenters. The summed E-state index contributed by atoms with van der Waals surface area (Å²) in [5.74, 6) is -0.0782. The third kappa shape index (κ3) is 3.25. The van der Waals surface area contributed by atoms with Crippen molar-refractivity contribution in [3.05, 3.63) is 52.5 Å². The highest BCUT2D eigenvalue weighted by atomic mass is 35.5. The van der Waals surface area contributed by atoms with E-state index in [0.717, 1.165) is 22.3 Å². The number of rotatable bonds is 2. The van der Waals surface area contributed by atoms with Crippen LogP contribution in [0.3, 0.4) is 0 Å². The number of nitrogens with zero attached hydrogens (tertiary/aromatic N) is 2. The lowest BCUT2D eigenvalue weighted by atomic mass is 10.1. The monoisotopic (exact) mass is 358 g/mol. The highest BCUT2D eigenvalue weighted by Gasteiger charge is 2.11. The van der Waals surface area contributed by atoms with Gasteiger partial charge in [-0.25, -0.2) is 0 Å². The van der Waals surface area contributed by atoms with Gasteiger partial charge in [-0.3, -0.25) is 0 Å². The van der Waals surface area contributed by atoms with Gasteiger partial charge in [0.05, 0.1) is 5.52 Å². The molecule has 0 saturated carbocycles. The molecular formula is C17H15ClN4OS. The summed E-state index contributed by atoms with van der Waals surface area (Å²) in [6.07, 6.45) is 0. The van der Waals surface area contributed by atoms with E-state index in [1.165, 1.54) is 0 Å². The fourth-order valence-corrected chi connectivity index (χ4v) is 2.68. The van der Waals surface area contributed by atoms with Crippen molar-refractivity contribution in [2.24, 2.45) is 10.2 Å². The van der Waals surface area contributed by atoms with Gasteiger partial charge in [0, 0.05) is 16.1 Å². The van der Waals surface area contributed by atoms with Gasteiger partial charge in [-0.05, 0) is 61.5 Å². The Bertz CT molecular complexity index is 965. The van der Waals surface area contributed by atoms with Crippen molar-refractivity contribution in [1.29, 1.82) is 0 Å². The summed E-state index contributed by atoms with van der Waals surface area (Å²) in [6, 6.07) is 11.1. The Hall–Kier alpha value is -2.44. The van der Waals surface area contributed by atoms with Gasteiger partial charge in [0.2, 0.25) is 11.0 Å². The summed E-state index contributed by atoms with van der Waals surface area (Å²) in [5.41, 5.74) is 4.16. The normalized spacial score (nSPS) is 11.3. The molecule has 0 bridgehead atoms. The molecule has 0 aliphatic carbocycles. The van der Waals surface area contributed by atoms with Crippen molar-refractivity contribution in [1.82, 2.24) is 4.98 Å². The molecule has 0 radical (unpaired) electrons. The zero-order chi connectivity index (χ0) is 17.3. The number of anilines is 1. The second-order valence-electron chi connectivity index (χ2n) is 5.39. The third-order valence-corrected chi connectivity index (χ3v) is 4.22. The minimum absolute atomic E-state index is 0.0782. The number of aryl methyl sites for hydroxylation is 1. The number of aromatic hydroxyl groups is 1. The smallest absolute Gasteiger partial charge is 0.218 e. The lowest BCUT2D eigenvalue weighted by Gasteiger charge is -2.09. The second kappa shape index (κ2) is 6.59. The average molecular weight is 359 g/mol. The molecule has 24 heavy (non-hydrogen) atoms. The Labute approximate surface area is 149 Å². The summed E-state index contributed by atoms with van der Waals surface area (Å²) < 4.78 is 0. The van der Waals surface area contributed by atoms with E-state index >= 15 is 0 Å². The number of H-pyrrole nitrogens is 1. The van der Waals surface area contributed by atoms with E-state index in [4.69, 9.17) is 23.8 Å². The van der Waals surface area contributed by atoms with Crippen LogP contribution >= 0.6 is 23.8 Å². The van der Waals surface area contributed by atoms with Crippen LogP contribution in [0.1, 0.15) is 11.1 Å². The Balaban J connectivity index is 1.85. The molecule has 0 aliphatic rings. The first-order valence-corrected chi connectivity index (χ1v) is 8.03. The Kier molecular flexibility index (Phi) is 4.51. The summed E-state index contributed by atoms with van der Waals surface area (Å²) >= 11 is 11.2.